The van der Waals surface area contributed by atoms with Crippen LogP contribution < -0.4 is 57.6 Å². The van der Waals surface area contributed by atoms with E-state index in [1.807, 2.05) is 19.1 Å². The number of rotatable bonds is 21. The molecule has 0 saturated carbocycles. The van der Waals surface area contributed by atoms with Gasteiger partial charge in [-0.2, -0.15) is 0 Å². The summed E-state index contributed by atoms with van der Waals surface area (Å²) in [4.78, 5) is 106. The van der Waals surface area contributed by atoms with Crippen molar-refractivity contribution in [3.05, 3.63) is 180 Å². The van der Waals surface area contributed by atoms with Crippen molar-refractivity contribution in [1.29, 1.82) is 0 Å². The van der Waals surface area contributed by atoms with Gasteiger partial charge in [-0.15, -0.1) is 0 Å². The Morgan fingerprint density at radius 3 is 0.835 bits per heavy atom. The second kappa shape index (κ2) is 44.0. The van der Waals surface area contributed by atoms with Crippen molar-refractivity contribution < 1.29 is 221 Å². The molecule has 0 fully saturated rings. The summed E-state index contributed by atoms with van der Waals surface area (Å²) in [7, 11) is 27.9. The molecule has 8 amide bonds. The van der Waals surface area contributed by atoms with Gasteiger partial charge in [-0.25, -0.2) is 0 Å². The summed E-state index contributed by atoms with van der Waals surface area (Å²) in [5.74, 6) is -4.69. The Hall–Kier alpha value is -2.61. The molecule has 0 heterocycles. The van der Waals surface area contributed by atoms with Crippen LogP contribution >= 0.6 is 0 Å². The number of ether oxygens (including phenoxy) is 3. The zero-order valence-corrected chi connectivity index (χ0v) is 65.6. The Kier molecular flexibility index (Phi) is 47.4. The maximum absolute atomic E-state index is 13.3. The number of hydrogen-bond donors (Lipinski definition) is 8. The Balaban J connectivity index is -0.00000228. The number of hydrogen-bond acceptors (Lipinski definition) is 15. The predicted molar refractivity (Wildman–Crippen MR) is 256 cm³/mol. The van der Waals surface area contributed by atoms with Crippen molar-refractivity contribution in [3.8, 4) is 17.2 Å². The monoisotopic (exact) mass is 2450 g/mol. The Morgan fingerprint density at radius 2 is 0.582 bits per heavy atom. The number of hydrazine groups is 4. The van der Waals surface area contributed by atoms with Crippen molar-refractivity contribution in [2.24, 2.45) is 0 Å². The Labute approximate surface area is 574 Å². The summed E-state index contributed by atoms with van der Waals surface area (Å²) in [6.07, 6.45) is 0. The van der Waals surface area contributed by atoms with Crippen LogP contribution in [0, 0.1) is 63.3 Å². The maximum atomic E-state index is 13.3. The number of carbonyl (C=O) groups excluding carboxylic acids is 8. The van der Waals surface area contributed by atoms with E-state index in [2.05, 4.69) is 99.8 Å². The minimum absolute atomic E-state index is 0. The first-order valence-electron chi connectivity index (χ1n) is 20.9. The standard InChI is InChI=1S/C48H54N12O11.8W/c1-30-10-12-38(13-11-30)69-29-33-18-39(70-27-31-14-34(45(65)53-49-41(61)23-57(2)3)20-35(15-31)46(66)54-50-42(62)24-58(4)5)22-40(19-33)71-28-32-16-36(47(67)55-51-43(63)25-59(6)7)21-37(17-32)48(68)56-52-44(64)26-60(8)9;;;;;;;;/h10-22H,2-9,23-29H2,1H3,(H,49,61)(H,50,62)(H,51,63)(H,52,64)(H,53,65)(H,54,66)(H,55,67)(H,56,68);;;;;;;;/q-8;;;;;;;;. The van der Waals surface area contributed by atoms with Gasteiger partial charge in [0.15, 0.2) is 0 Å². The molecule has 428 valence electrons. The SMILES string of the molecule is [CH2-]N([CH2-])CC(=O)NNC(=O)c1cc(COc2cc(COc3ccc(C)cc3)cc(OCc3cc(C(=O)NNC(=O)CN([CH2-])[CH2-])cc(C(=O)NNC(=O)CN([CH2-])[CH2-])c3)c2)cc(C(=O)NNC(=O)CN([CH2-])[CH2-])c1.[W].[W].[W].[W].[W].[W].[W].[W]. The fourth-order valence-corrected chi connectivity index (χ4v) is 5.86. The van der Waals surface area contributed by atoms with Gasteiger partial charge in [0.1, 0.15) is 37.1 Å². The van der Waals surface area contributed by atoms with Crippen LogP contribution in [0.2, 0.25) is 0 Å². The number of carbonyl (C=O) groups is 8. The largest absolute Gasteiger partial charge is 0.603 e. The molecule has 4 rings (SSSR count). The zero-order chi connectivity index (χ0) is 52.2. The summed E-state index contributed by atoms with van der Waals surface area (Å²) in [5.41, 5.74) is 19.9. The van der Waals surface area contributed by atoms with E-state index in [-0.39, 0.29) is 248 Å². The summed E-state index contributed by atoms with van der Waals surface area (Å²) in [5, 5.41) is 0. The third-order valence-electron chi connectivity index (χ3n) is 8.94. The molecule has 0 unspecified atom stereocenters. The van der Waals surface area contributed by atoms with Crippen LogP contribution in [0.5, 0.6) is 17.2 Å². The molecule has 0 radical (unpaired) electrons. The molecule has 4 aromatic rings. The average Bonchev–Trinajstić information content (AvgIpc) is 3.30. The molecule has 0 aliphatic heterocycles. The van der Waals surface area contributed by atoms with E-state index in [9.17, 15) is 38.4 Å². The molecule has 0 aromatic heterocycles. The Morgan fingerprint density at radius 1 is 0.342 bits per heavy atom. The molecule has 0 aliphatic carbocycles. The van der Waals surface area contributed by atoms with Gasteiger partial charge in [0, 0.05) is 223 Å². The fourth-order valence-electron chi connectivity index (χ4n) is 5.86. The average molecular weight is 2450 g/mol. The third kappa shape index (κ3) is 33.3. The summed E-state index contributed by atoms with van der Waals surface area (Å²) >= 11 is 0. The van der Waals surface area contributed by atoms with Gasteiger partial charge >= 0.3 is 0 Å². The predicted octanol–water partition coefficient (Wildman–Crippen LogP) is 1.30. The van der Waals surface area contributed by atoms with Gasteiger partial charge in [0.2, 0.25) is 23.6 Å². The smallest absolute Gasteiger partial charge is 0.269 e. The van der Waals surface area contributed by atoms with Crippen molar-refractivity contribution >= 4 is 47.3 Å². The molecule has 0 saturated heterocycles. The second-order valence-corrected chi connectivity index (χ2v) is 15.7. The van der Waals surface area contributed by atoms with Gasteiger partial charge < -0.3 is 90.2 Å². The van der Waals surface area contributed by atoms with Crippen LogP contribution in [-0.2, 0) is 208 Å². The van der Waals surface area contributed by atoms with E-state index in [1.54, 1.807) is 24.3 Å². The summed E-state index contributed by atoms with van der Waals surface area (Å²) in [6.45, 7) is 0.500. The van der Waals surface area contributed by atoms with E-state index < -0.39 is 47.3 Å². The van der Waals surface area contributed by atoms with Gasteiger partial charge in [-0.1, -0.05) is 17.7 Å². The molecular formula is C48H54N12O11W8-8. The molecule has 31 heteroatoms. The third-order valence-corrected chi connectivity index (χ3v) is 8.94. The fraction of sp³-hybridized carbons (Fsp3) is 0.167. The minimum Gasteiger partial charge on any atom is -0.603 e. The Bertz CT molecular complexity index is 2330. The van der Waals surface area contributed by atoms with Gasteiger partial charge in [0.25, 0.3) is 23.6 Å². The minimum atomic E-state index is -0.802. The van der Waals surface area contributed by atoms with E-state index in [1.165, 1.54) is 42.5 Å². The van der Waals surface area contributed by atoms with E-state index in [0.717, 1.165) is 25.2 Å². The molecule has 0 aliphatic rings. The summed E-state index contributed by atoms with van der Waals surface area (Å²) in [6, 6.07) is 20.4. The van der Waals surface area contributed by atoms with Gasteiger partial charge in [0.05, 0.1) is 0 Å². The number of benzene rings is 4. The molecule has 0 bridgehead atoms. The first kappa shape index (κ1) is 85.2. The van der Waals surface area contributed by atoms with Crippen LogP contribution in [0.3, 0.4) is 0 Å². The first-order valence-corrected chi connectivity index (χ1v) is 20.9. The molecule has 8 N–H and O–H groups in total. The van der Waals surface area contributed by atoms with Crippen LogP contribution in [-0.4, -0.2) is 93.0 Å². The van der Waals surface area contributed by atoms with Crippen LogP contribution in [0.25, 0.3) is 0 Å². The normalized spacial score (nSPS) is 9.73. The van der Waals surface area contributed by atoms with Crippen molar-refractivity contribution in [2.75, 3.05) is 26.2 Å². The number of amides is 8. The van der Waals surface area contributed by atoms with Crippen LogP contribution in [0.15, 0.2) is 78.9 Å². The van der Waals surface area contributed by atoms with Crippen molar-refractivity contribution in [1.82, 2.24) is 63.0 Å². The number of aryl methyl sites for hydroxylation is 1. The molecular weight excluding hydrogens is 2390 g/mol. The molecule has 0 spiro atoms. The van der Waals surface area contributed by atoms with Gasteiger partial charge in [-0.3, -0.25) is 81.8 Å². The first-order chi connectivity index (χ1) is 33.6. The van der Waals surface area contributed by atoms with E-state index in [4.69, 9.17) is 14.2 Å². The molecule has 79 heavy (non-hydrogen) atoms. The van der Waals surface area contributed by atoms with E-state index >= 15 is 0 Å². The molecule has 4 aromatic carbocycles. The van der Waals surface area contributed by atoms with Crippen LogP contribution in [0.1, 0.15) is 63.7 Å². The van der Waals surface area contributed by atoms with Gasteiger partial charge in [-0.05, 0) is 84.3 Å². The second-order valence-electron chi connectivity index (χ2n) is 15.7. The number of nitrogens with one attached hydrogen (secondary N) is 8. The topological polar surface area (TPSA) is 273 Å². The quantitative estimate of drug-likeness (QED) is 0.0432. The molecule has 23 nitrogen and oxygen atoms in total. The zero-order valence-electron chi connectivity index (χ0n) is 42.2. The van der Waals surface area contributed by atoms with Crippen LogP contribution in [0.4, 0.5) is 0 Å². The van der Waals surface area contributed by atoms with Crippen molar-refractivity contribution in [2.45, 2.75) is 26.7 Å². The maximum Gasteiger partial charge on any atom is 0.269 e. The van der Waals surface area contributed by atoms with Crippen molar-refractivity contribution in [3.63, 3.8) is 0 Å². The number of nitrogens with zero attached hydrogens (tertiary/aromatic N) is 4. The van der Waals surface area contributed by atoms with E-state index in [0.29, 0.717) is 22.4 Å². The summed E-state index contributed by atoms with van der Waals surface area (Å²) < 4.78 is 18.5. The molecule has 0 atom stereocenters.